The van der Waals surface area contributed by atoms with Crippen LogP contribution in [0.15, 0.2) is 36.7 Å². The van der Waals surface area contributed by atoms with Crippen LogP contribution < -0.4 is 11.1 Å². The number of nitrogens with two attached hydrogens (primary N) is 1. The van der Waals surface area contributed by atoms with E-state index in [1.807, 2.05) is 30.3 Å². The molecule has 0 spiro atoms. The number of hydrogen-bond donors (Lipinski definition) is 5. The van der Waals surface area contributed by atoms with E-state index in [2.05, 4.69) is 20.3 Å². The maximum Gasteiger partial charge on any atom is 0.168 e. The highest BCUT2D eigenvalue weighted by Crippen LogP contribution is 2.32. The van der Waals surface area contributed by atoms with E-state index in [1.54, 1.807) is 0 Å². The van der Waals surface area contributed by atoms with Gasteiger partial charge in [0, 0.05) is 6.54 Å². The quantitative estimate of drug-likeness (QED) is 0.378. The molecule has 0 saturated carbocycles. The summed E-state index contributed by atoms with van der Waals surface area (Å²) in [7, 11) is 0. The molecule has 10 nitrogen and oxygen atoms in total. The number of ether oxygens (including phenoxy) is 1. The lowest BCUT2D eigenvalue weighted by molar-refractivity contribution is -0.0511. The van der Waals surface area contributed by atoms with Crippen molar-refractivity contribution in [1.82, 2.24) is 19.5 Å². The number of nitrogens with one attached hydrogen (secondary N) is 1. The lowest BCUT2D eigenvalue weighted by Gasteiger charge is -2.17. The molecule has 0 amide bonds. The molecule has 2 aromatic heterocycles. The monoisotopic (exact) mass is 386 g/mol. The largest absolute Gasteiger partial charge is 0.394 e. The summed E-state index contributed by atoms with van der Waals surface area (Å²) < 4.78 is 7.11. The highest BCUT2D eigenvalue weighted by atomic mass is 16.6. The first-order chi connectivity index (χ1) is 13.6. The van der Waals surface area contributed by atoms with Crippen molar-refractivity contribution in [3.8, 4) is 0 Å². The molecule has 1 aliphatic rings. The predicted molar refractivity (Wildman–Crippen MR) is 100.0 cm³/mol. The van der Waals surface area contributed by atoms with Gasteiger partial charge in [-0.2, -0.15) is 0 Å². The Morgan fingerprint density at radius 3 is 2.61 bits per heavy atom. The van der Waals surface area contributed by atoms with Crippen LogP contribution >= 0.6 is 0 Å². The Balaban J connectivity index is 1.69. The summed E-state index contributed by atoms with van der Waals surface area (Å²) >= 11 is 0. The second kappa shape index (κ2) is 7.78. The number of aliphatic hydroxyl groups excluding tert-OH is 3. The molecule has 4 atom stereocenters. The minimum Gasteiger partial charge on any atom is -0.394 e. The molecule has 1 fully saturated rings. The van der Waals surface area contributed by atoms with Crippen LogP contribution in [0.25, 0.3) is 11.2 Å². The summed E-state index contributed by atoms with van der Waals surface area (Å²) in [5, 5.41) is 32.9. The third-order valence-electron chi connectivity index (χ3n) is 4.74. The number of imidazole rings is 1. The Morgan fingerprint density at radius 1 is 1.14 bits per heavy atom. The third kappa shape index (κ3) is 3.32. The highest BCUT2D eigenvalue weighted by molar-refractivity contribution is 5.83. The van der Waals surface area contributed by atoms with Crippen LogP contribution in [0.3, 0.4) is 0 Å². The molecule has 1 saturated heterocycles. The standard InChI is InChI=1S/C18H22N6O4/c19-6-12-22-16(20-7-10-4-2-1-3-5-10)13-17(23-12)24(9-21-13)18-15(27)14(26)11(8-25)28-18/h1-5,9,11,14-15,18,25-27H,6-8,19H2,(H,20,22,23)/t11-,14-,15-,18-/m1/s1. The minimum absolute atomic E-state index is 0.122. The topological polar surface area (TPSA) is 152 Å². The van der Waals surface area contributed by atoms with Crippen molar-refractivity contribution < 1.29 is 20.1 Å². The molecule has 3 aromatic rings. The lowest BCUT2D eigenvalue weighted by atomic mass is 10.1. The van der Waals surface area contributed by atoms with E-state index in [1.165, 1.54) is 10.9 Å². The van der Waals surface area contributed by atoms with Gasteiger partial charge in [0.05, 0.1) is 19.5 Å². The Kier molecular flexibility index (Phi) is 5.20. The predicted octanol–water partition coefficient (Wildman–Crippen LogP) is -0.491. The number of hydrogen-bond acceptors (Lipinski definition) is 9. The van der Waals surface area contributed by atoms with Gasteiger partial charge in [0.25, 0.3) is 0 Å². The number of nitrogens with zero attached hydrogens (tertiary/aromatic N) is 4. The first-order valence-electron chi connectivity index (χ1n) is 8.96. The minimum atomic E-state index is -1.23. The molecule has 0 unspecified atom stereocenters. The van der Waals surface area contributed by atoms with Crippen LogP contribution in [0.1, 0.15) is 17.6 Å². The van der Waals surface area contributed by atoms with Gasteiger partial charge in [-0.15, -0.1) is 0 Å². The summed E-state index contributed by atoms with van der Waals surface area (Å²) in [6, 6.07) is 9.84. The van der Waals surface area contributed by atoms with E-state index < -0.39 is 31.1 Å². The molecule has 0 radical (unpaired) electrons. The Morgan fingerprint density at radius 2 is 1.93 bits per heavy atom. The first-order valence-corrected chi connectivity index (χ1v) is 8.96. The van der Waals surface area contributed by atoms with Crippen molar-refractivity contribution in [2.24, 2.45) is 5.73 Å². The normalized spacial score (nSPS) is 24.7. The van der Waals surface area contributed by atoms with Crippen molar-refractivity contribution in [3.05, 3.63) is 48.0 Å². The Hall–Kier alpha value is -2.63. The number of fused-ring (bicyclic) bond motifs is 1. The summed E-state index contributed by atoms with van der Waals surface area (Å²) in [6.07, 6.45) is -2.79. The van der Waals surface area contributed by atoms with E-state index in [9.17, 15) is 15.3 Å². The Bertz CT molecular complexity index is 950. The molecule has 148 valence electrons. The number of rotatable bonds is 6. The van der Waals surface area contributed by atoms with Crippen molar-refractivity contribution in [3.63, 3.8) is 0 Å². The molecule has 10 heteroatoms. The smallest absolute Gasteiger partial charge is 0.168 e. The number of benzene rings is 1. The van der Waals surface area contributed by atoms with E-state index in [0.29, 0.717) is 29.4 Å². The zero-order valence-electron chi connectivity index (χ0n) is 15.0. The number of aliphatic hydroxyl groups is 3. The third-order valence-corrected chi connectivity index (χ3v) is 4.74. The summed E-state index contributed by atoms with van der Waals surface area (Å²) in [5.41, 5.74) is 7.73. The second-order valence-electron chi connectivity index (χ2n) is 6.58. The van der Waals surface area contributed by atoms with Crippen LogP contribution in [0, 0.1) is 0 Å². The maximum absolute atomic E-state index is 10.3. The summed E-state index contributed by atoms with van der Waals surface area (Å²) in [6.45, 7) is 0.253. The molecule has 28 heavy (non-hydrogen) atoms. The zero-order valence-corrected chi connectivity index (χ0v) is 15.0. The molecule has 6 N–H and O–H groups in total. The average Bonchev–Trinajstić information content (AvgIpc) is 3.28. The lowest BCUT2D eigenvalue weighted by Crippen LogP contribution is -2.33. The molecule has 0 bridgehead atoms. The van der Waals surface area contributed by atoms with Crippen LogP contribution in [0.2, 0.25) is 0 Å². The fourth-order valence-electron chi connectivity index (χ4n) is 3.25. The van der Waals surface area contributed by atoms with Crippen molar-refractivity contribution in [2.45, 2.75) is 37.6 Å². The highest BCUT2D eigenvalue weighted by Gasteiger charge is 2.44. The van der Waals surface area contributed by atoms with Gasteiger partial charge in [-0.3, -0.25) is 4.57 Å². The molecule has 3 heterocycles. The van der Waals surface area contributed by atoms with Crippen LogP contribution in [-0.4, -0.2) is 59.8 Å². The van der Waals surface area contributed by atoms with E-state index in [0.717, 1.165) is 5.56 Å². The zero-order chi connectivity index (χ0) is 19.7. The van der Waals surface area contributed by atoms with Gasteiger partial charge in [0.2, 0.25) is 0 Å². The molecule has 1 aromatic carbocycles. The van der Waals surface area contributed by atoms with Crippen LogP contribution in [0.5, 0.6) is 0 Å². The molecular weight excluding hydrogens is 364 g/mol. The van der Waals surface area contributed by atoms with Gasteiger partial charge in [-0.1, -0.05) is 30.3 Å². The van der Waals surface area contributed by atoms with E-state index in [4.69, 9.17) is 10.5 Å². The maximum atomic E-state index is 10.3. The van der Waals surface area contributed by atoms with E-state index >= 15 is 0 Å². The first kappa shape index (κ1) is 18.7. The number of aromatic nitrogens is 4. The number of anilines is 1. The fraction of sp³-hybridized carbons (Fsp3) is 0.389. The molecular formula is C18H22N6O4. The SMILES string of the molecule is NCc1nc(NCc2ccccc2)c2ncn([C@@H]3O[C@H](CO)[C@@H](O)[C@H]3O)c2n1. The average molecular weight is 386 g/mol. The van der Waals surface area contributed by atoms with Gasteiger partial charge in [-0.05, 0) is 5.56 Å². The summed E-state index contributed by atoms with van der Waals surface area (Å²) in [5.74, 6) is 0.913. The van der Waals surface area contributed by atoms with Gasteiger partial charge < -0.3 is 31.1 Å². The summed E-state index contributed by atoms with van der Waals surface area (Å²) in [4.78, 5) is 13.2. The second-order valence-corrected chi connectivity index (χ2v) is 6.58. The molecule has 1 aliphatic heterocycles. The van der Waals surface area contributed by atoms with Crippen molar-refractivity contribution >= 4 is 17.0 Å². The van der Waals surface area contributed by atoms with Gasteiger partial charge in [0.1, 0.15) is 24.1 Å². The van der Waals surface area contributed by atoms with Crippen molar-refractivity contribution in [1.29, 1.82) is 0 Å². The van der Waals surface area contributed by atoms with Crippen molar-refractivity contribution in [2.75, 3.05) is 11.9 Å². The van der Waals surface area contributed by atoms with E-state index in [-0.39, 0.29) is 6.54 Å². The van der Waals surface area contributed by atoms with Crippen LogP contribution in [-0.2, 0) is 17.8 Å². The van der Waals surface area contributed by atoms with Gasteiger partial charge in [0.15, 0.2) is 23.2 Å². The fourth-order valence-corrected chi connectivity index (χ4v) is 3.25. The molecule has 4 rings (SSSR count). The van der Waals surface area contributed by atoms with Gasteiger partial charge in [-0.25, -0.2) is 15.0 Å². The van der Waals surface area contributed by atoms with Crippen LogP contribution in [0.4, 0.5) is 5.82 Å². The van der Waals surface area contributed by atoms with Gasteiger partial charge >= 0.3 is 0 Å². The molecule has 0 aliphatic carbocycles. The Labute approximate surface area is 160 Å².